The lowest BCUT2D eigenvalue weighted by Crippen LogP contribution is -2.27. The molecule has 3 rings (SSSR count). The molecule has 0 spiro atoms. The summed E-state index contributed by atoms with van der Waals surface area (Å²) in [5, 5.41) is 2.59. The molecule has 8 heteroatoms. The minimum atomic E-state index is -3.82. The number of hydrogen-bond donors (Lipinski definition) is 2. The third-order valence-corrected chi connectivity index (χ3v) is 5.41. The number of rotatable bonds is 4. The molecule has 2 aromatic rings. The van der Waals surface area contributed by atoms with Crippen molar-refractivity contribution in [1.29, 1.82) is 0 Å². The number of halogens is 1. The van der Waals surface area contributed by atoms with Gasteiger partial charge < -0.3 is 10.1 Å². The fourth-order valence-corrected chi connectivity index (χ4v) is 3.81. The highest BCUT2D eigenvalue weighted by Gasteiger charge is 2.24. The average Bonchev–Trinajstić information content (AvgIpc) is 2.53. The zero-order valence-electron chi connectivity index (χ0n) is 12.8. The van der Waals surface area contributed by atoms with Crippen LogP contribution >= 0.6 is 11.6 Å². The van der Waals surface area contributed by atoms with Crippen molar-refractivity contribution in [2.75, 3.05) is 11.9 Å². The van der Waals surface area contributed by atoms with Gasteiger partial charge in [0, 0.05) is 12.6 Å². The Kier molecular flexibility index (Phi) is 4.49. The molecular formula is C16H15ClN2O4S. The average molecular weight is 367 g/mol. The summed E-state index contributed by atoms with van der Waals surface area (Å²) in [6.07, 6.45) is 0. The summed E-state index contributed by atoms with van der Waals surface area (Å²) in [4.78, 5) is 11.2. The van der Waals surface area contributed by atoms with Crippen LogP contribution in [0.4, 0.5) is 5.69 Å². The van der Waals surface area contributed by atoms with Crippen LogP contribution in [0.5, 0.6) is 5.75 Å². The number of ether oxygens (including phenoxy) is 1. The molecule has 0 aliphatic carbocycles. The maximum Gasteiger partial charge on any atom is 0.262 e. The van der Waals surface area contributed by atoms with E-state index in [0.717, 1.165) is 11.1 Å². The molecule has 0 atom stereocenters. The zero-order valence-corrected chi connectivity index (χ0v) is 14.4. The van der Waals surface area contributed by atoms with Crippen molar-refractivity contribution in [3.05, 3.63) is 52.5 Å². The molecule has 2 aromatic carbocycles. The van der Waals surface area contributed by atoms with Gasteiger partial charge in [-0.3, -0.25) is 4.79 Å². The maximum absolute atomic E-state index is 12.5. The molecular weight excluding hydrogens is 352 g/mol. The van der Waals surface area contributed by atoms with Crippen LogP contribution in [-0.2, 0) is 21.4 Å². The van der Waals surface area contributed by atoms with Crippen molar-refractivity contribution >= 4 is 33.2 Å². The van der Waals surface area contributed by atoms with Gasteiger partial charge in [-0.05, 0) is 18.6 Å². The summed E-state index contributed by atoms with van der Waals surface area (Å²) < 4.78 is 32.8. The van der Waals surface area contributed by atoms with Crippen molar-refractivity contribution in [3.8, 4) is 5.75 Å². The first-order valence-corrected chi connectivity index (χ1v) is 9.03. The Morgan fingerprint density at radius 3 is 2.67 bits per heavy atom. The highest BCUT2D eigenvalue weighted by Crippen LogP contribution is 2.35. The molecule has 0 saturated heterocycles. The van der Waals surface area contributed by atoms with Crippen LogP contribution in [0.25, 0.3) is 0 Å². The van der Waals surface area contributed by atoms with Gasteiger partial charge >= 0.3 is 0 Å². The van der Waals surface area contributed by atoms with Crippen LogP contribution in [0.15, 0.2) is 41.3 Å². The number of anilines is 1. The second-order valence-electron chi connectivity index (χ2n) is 5.43. The predicted octanol–water partition coefficient (Wildman–Crippen LogP) is 2.46. The van der Waals surface area contributed by atoms with Crippen LogP contribution in [0.1, 0.15) is 11.1 Å². The van der Waals surface area contributed by atoms with E-state index >= 15 is 0 Å². The number of aryl methyl sites for hydroxylation is 1. The van der Waals surface area contributed by atoms with E-state index in [4.69, 9.17) is 16.3 Å². The first kappa shape index (κ1) is 16.8. The minimum Gasteiger partial charge on any atom is -0.482 e. The van der Waals surface area contributed by atoms with Crippen LogP contribution in [0.3, 0.4) is 0 Å². The second kappa shape index (κ2) is 6.43. The van der Waals surface area contributed by atoms with E-state index in [1.165, 1.54) is 12.1 Å². The van der Waals surface area contributed by atoms with Crippen LogP contribution in [0, 0.1) is 6.92 Å². The van der Waals surface area contributed by atoms with Gasteiger partial charge in [-0.2, -0.15) is 0 Å². The van der Waals surface area contributed by atoms with Gasteiger partial charge in [-0.15, -0.1) is 0 Å². The molecule has 0 radical (unpaired) electrons. The SMILES string of the molecule is Cc1ccc(CNS(=O)(=O)c2cc3c(cc2Cl)NC(=O)CO3)cc1. The Morgan fingerprint density at radius 2 is 1.96 bits per heavy atom. The first-order chi connectivity index (χ1) is 11.3. The standard InChI is InChI=1S/C16H15ClN2O4S/c1-10-2-4-11(5-3-10)8-18-24(21,22)15-7-14-13(6-12(15)17)19-16(20)9-23-14/h2-7,18H,8-9H2,1H3,(H,19,20). The molecule has 1 amide bonds. The Morgan fingerprint density at radius 1 is 1.25 bits per heavy atom. The smallest absolute Gasteiger partial charge is 0.262 e. The summed E-state index contributed by atoms with van der Waals surface area (Å²) in [5.74, 6) is -0.0404. The lowest BCUT2D eigenvalue weighted by atomic mass is 10.2. The molecule has 2 N–H and O–H groups in total. The highest BCUT2D eigenvalue weighted by atomic mass is 35.5. The van der Waals surface area contributed by atoms with Gasteiger partial charge in [0.1, 0.15) is 10.6 Å². The predicted molar refractivity (Wildman–Crippen MR) is 90.8 cm³/mol. The maximum atomic E-state index is 12.5. The number of fused-ring (bicyclic) bond motifs is 1. The molecule has 0 fully saturated rings. The van der Waals surface area contributed by atoms with Crippen LogP contribution < -0.4 is 14.8 Å². The van der Waals surface area contributed by atoms with Gasteiger partial charge in [0.2, 0.25) is 10.0 Å². The van der Waals surface area contributed by atoms with Gasteiger partial charge in [0.15, 0.2) is 6.61 Å². The Labute approximate surface area is 144 Å². The number of carbonyl (C=O) groups excluding carboxylic acids is 1. The molecule has 0 saturated carbocycles. The molecule has 0 bridgehead atoms. The normalized spacial score (nSPS) is 13.8. The molecule has 1 aliphatic rings. The van der Waals surface area contributed by atoms with Crippen LogP contribution in [0.2, 0.25) is 5.02 Å². The van der Waals surface area contributed by atoms with E-state index < -0.39 is 10.0 Å². The van der Waals surface area contributed by atoms with Crippen molar-refractivity contribution < 1.29 is 17.9 Å². The number of sulfonamides is 1. The number of amides is 1. The van der Waals surface area contributed by atoms with E-state index in [2.05, 4.69) is 10.0 Å². The quantitative estimate of drug-likeness (QED) is 0.870. The third-order valence-electron chi connectivity index (χ3n) is 3.54. The van der Waals surface area contributed by atoms with E-state index in [1.54, 1.807) is 0 Å². The van der Waals surface area contributed by atoms with Gasteiger partial charge in [-0.1, -0.05) is 41.4 Å². The number of hydrogen-bond acceptors (Lipinski definition) is 4. The Hall–Kier alpha value is -2.09. The van der Waals surface area contributed by atoms with Crippen molar-refractivity contribution in [3.63, 3.8) is 0 Å². The second-order valence-corrected chi connectivity index (χ2v) is 7.57. The molecule has 6 nitrogen and oxygen atoms in total. The summed E-state index contributed by atoms with van der Waals surface area (Å²) in [7, 11) is -3.82. The van der Waals surface area contributed by atoms with E-state index in [1.807, 2.05) is 31.2 Å². The molecule has 0 aromatic heterocycles. The van der Waals surface area contributed by atoms with Crippen molar-refractivity contribution in [2.24, 2.45) is 0 Å². The first-order valence-electron chi connectivity index (χ1n) is 7.16. The summed E-state index contributed by atoms with van der Waals surface area (Å²) in [5.41, 5.74) is 2.29. The lowest BCUT2D eigenvalue weighted by Gasteiger charge is -2.19. The summed E-state index contributed by atoms with van der Waals surface area (Å²) in [6.45, 7) is 1.94. The largest absolute Gasteiger partial charge is 0.482 e. The van der Waals surface area contributed by atoms with Crippen molar-refractivity contribution in [2.45, 2.75) is 18.4 Å². The number of nitrogens with one attached hydrogen (secondary N) is 2. The van der Waals surface area contributed by atoms with E-state index in [9.17, 15) is 13.2 Å². The van der Waals surface area contributed by atoms with Gasteiger partial charge in [-0.25, -0.2) is 13.1 Å². The van der Waals surface area contributed by atoms with Crippen molar-refractivity contribution in [1.82, 2.24) is 4.72 Å². The fourth-order valence-electron chi connectivity index (χ4n) is 2.25. The van der Waals surface area contributed by atoms with Gasteiger partial charge in [0.05, 0.1) is 10.7 Å². The Balaban J connectivity index is 1.84. The molecule has 126 valence electrons. The summed E-state index contributed by atoms with van der Waals surface area (Å²) in [6, 6.07) is 10.2. The highest BCUT2D eigenvalue weighted by molar-refractivity contribution is 7.89. The summed E-state index contributed by atoms with van der Waals surface area (Å²) >= 11 is 6.07. The van der Waals surface area contributed by atoms with Crippen LogP contribution in [-0.4, -0.2) is 20.9 Å². The third kappa shape index (κ3) is 3.53. The fraction of sp³-hybridized carbons (Fsp3) is 0.188. The molecule has 0 unspecified atom stereocenters. The minimum absolute atomic E-state index is 0.0101. The molecule has 1 heterocycles. The topological polar surface area (TPSA) is 84.5 Å². The van der Waals surface area contributed by atoms with Gasteiger partial charge in [0.25, 0.3) is 5.91 Å². The molecule has 1 aliphatic heterocycles. The Bertz CT molecular complexity index is 895. The molecule has 24 heavy (non-hydrogen) atoms. The number of benzene rings is 2. The van der Waals surface area contributed by atoms with E-state index in [-0.39, 0.29) is 34.7 Å². The van der Waals surface area contributed by atoms with E-state index in [0.29, 0.717) is 5.69 Å². The monoisotopic (exact) mass is 366 g/mol. The number of carbonyl (C=O) groups is 1. The lowest BCUT2D eigenvalue weighted by molar-refractivity contribution is -0.118. The zero-order chi connectivity index (χ0) is 17.3.